The Morgan fingerprint density at radius 3 is 2.74 bits per heavy atom. The van der Waals surface area contributed by atoms with E-state index < -0.39 is 28.9 Å². The van der Waals surface area contributed by atoms with Gasteiger partial charge in [0.05, 0.1) is 16.7 Å². The van der Waals surface area contributed by atoms with Gasteiger partial charge in [-0.25, -0.2) is 14.5 Å². The predicted molar refractivity (Wildman–Crippen MR) is 124 cm³/mol. The van der Waals surface area contributed by atoms with Crippen LogP contribution in [0.4, 0.5) is 24.8 Å². The van der Waals surface area contributed by atoms with Gasteiger partial charge in [0.15, 0.2) is 17.5 Å². The molecule has 1 unspecified atom stereocenters. The molecule has 1 amide bonds. The second kappa shape index (κ2) is 8.68. The number of fused-ring (bicyclic) bond motifs is 2. The van der Waals surface area contributed by atoms with E-state index in [0.29, 0.717) is 17.0 Å². The Morgan fingerprint density at radius 2 is 2.03 bits per heavy atom. The SMILES string of the molecule is Nc1nn2cccnc2c1C(=O)NC(c1cc(Cl)c2cncn2c1N1CCS(=O)CC1)C(F)(F)F. The lowest BCUT2D eigenvalue weighted by molar-refractivity contribution is -0.155. The molecule has 5 rings (SSSR count). The summed E-state index contributed by atoms with van der Waals surface area (Å²) in [5.41, 5.74) is 5.71. The number of hydrogen-bond donors (Lipinski definition) is 2. The van der Waals surface area contributed by atoms with Crippen molar-refractivity contribution in [2.45, 2.75) is 12.2 Å². The first-order valence-electron chi connectivity index (χ1n) is 10.4. The predicted octanol–water partition coefficient (Wildman–Crippen LogP) is 2.21. The molecule has 0 bridgehead atoms. The van der Waals surface area contributed by atoms with Gasteiger partial charge in [-0.3, -0.25) is 13.4 Å². The molecule has 184 valence electrons. The Hall–Kier alpha value is -3.39. The summed E-state index contributed by atoms with van der Waals surface area (Å²) < 4.78 is 58.0. The molecule has 3 N–H and O–H groups in total. The maximum atomic E-state index is 14.5. The topological polar surface area (TPSA) is 123 Å². The molecule has 1 aliphatic heterocycles. The minimum atomic E-state index is -4.90. The lowest BCUT2D eigenvalue weighted by atomic mass is 10.0. The molecule has 35 heavy (non-hydrogen) atoms. The van der Waals surface area contributed by atoms with Crippen LogP contribution in [-0.4, -0.2) is 64.9 Å². The number of nitrogens with zero attached hydrogens (tertiary/aromatic N) is 6. The molecule has 1 aliphatic rings. The Labute approximate surface area is 203 Å². The van der Waals surface area contributed by atoms with Gasteiger partial charge in [-0.15, -0.1) is 5.10 Å². The fourth-order valence-electron chi connectivity index (χ4n) is 4.11. The van der Waals surface area contributed by atoms with Crippen molar-refractivity contribution >= 4 is 51.1 Å². The lowest BCUT2D eigenvalue weighted by Gasteiger charge is -2.33. The minimum Gasteiger partial charge on any atom is -0.381 e. The van der Waals surface area contributed by atoms with Crippen LogP contribution in [0.25, 0.3) is 11.2 Å². The largest absolute Gasteiger partial charge is 0.413 e. The van der Waals surface area contributed by atoms with Crippen LogP contribution >= 0.6 is 11.6 Å². The molecule has 10 nitrogen and oxygen atoms in total. The number of rotatable bonds is 4. The van der Waals surface area contributed by atoms with E-state index in [1.54, 1.807) is 11.0 Å². The molecule has 4 aromatic rings. The molecule has 4 aromatic heterocycles. The number of halogens is 4. The Bertz CT molecular complexity index is 1460. The number of nitrogens with one attached hydrogen (secondary N) is 1. The number of alkyl halides is 3. The van der Waals surface area contributed by atoms with Crippen molar-refractivity contribution in [1.29, 1.82) is 0 Å². The smallest absolute Gasteiger partial charge is 0.381 e. The second-order valence-electron chi connectivity index (χ2n) is 7.85. The van der Waals surface area contributed by atoms with Crippen molar-refractivity contribution < 1.29 is 22.2 Å². The zero-order chi connectivity index (χ0) is 24.9. The molecule has 0 spiro atoms. The quantitative estimate of drug-likeness (QED) is 0.418. The summed E-state index contributed by atoms with van der Waals surface area (Å²) in [6.45, 7) is 0.524. The number of carbonyl (C=O) groups excluding carboxylic acids is 1. The van der Waals surface area contributed by atoms with E-state index >= 15 is 0 Å². The summed E-state index contributed by atoms with van der Waals surface area (Å²) in [7, 11) is -1.06. The van der Waals surface area contributed by atoms with Crippen LogP contribution in [0.1, 0.15) is 22.0 Å². The van der Waals surface area contributed by atoms with Crippen molar-refractivity contribution in [1.82, 2.24) is 29.3 Å². The molecule has 0 saturated carbocycles. The summed E-state index contributed by atoms with van der Waals surface area (Å²) in [6.07, 6.45) is 0.742. The number of nitrogens with two attached hydrogens (primary N) is 1. The van der Waals surface area contributed by atoms with Crippen LogP contribution in [0, 0.1) is 0 Å². The second-order valence-corrected chi connectivity index (χ2v) is 9.95. The highest BCUT2D eigenvalue weighted by Gasteiger charge is 2.45. The monoisotopic (exact) mass is 526 g/mol. The first-order valence-corrected chi connectivity index (χ1v) is 12.2. The summed E-state index contributed by atoms with van der Waals surface area (Å²) in [5, 5.41) is 6.04. The van der Waals surface area contributed by atoms with Gasteiger partial charge in [0.2, 0.25) is 0 Å². The Kier molecular flexibility index (Phi) is 5.79. The van der Waals surface area contributed by atoms with Gasteiger partial charge in [-0.1, -0.05) is 11.6 Å². The third-order valence-corrected chi connectivity index (χ3v) is 7.27. The van der Waals surface area contributed by atoms with Crippen molar-refractivity contribution in [2.75, 3.05) is 35.2 Å². The van der Waals surface area contributed by atoms with Gasteiger partial charge >= 0.3 is 6.18 Å². The summed E-state index contributed by atoms with van der Waals surface area (Å²) in [4.78, 5) is 22.9. The van der Waals surface area contributed by atoms with Crippen LogP contribution < -0.4 is 16.0 Å². The van der Waals surface area contributed by atoms with Crippen molar-refractivity contribution in [2.24, 2.45) is 0 Å². The van der Waals surface area contributed by atoms with Gasteiger partial charge in [0.1, 0.15) is 17.7 Å². The maximum absolute atomic E-state index is 14.5. The number of anilines is 2. The summed E-state index contributed by atoms with van der Waals surface area (Å²) >= 11 is 6.32. The van der Waals surface area contributed by atoms with Crippen molar-refractivity contribution in [3.63, 3.8) is 0 Å². The highest BCUT2D eigenvalue weighted by Crippen LogP contribution is 2.41. The van der Waals surface area contributed by atoms with E-state index in [1.165, 1.54) is 39.9 Å². The molecule has 0 aliphatic carbocycles. The van der Waals surface area contributed by atoms with Gasteiger partial charge in [0, 0.05) is 53.4 Å². The average Bonchev–Trinajstić information content (AvgIpc) is 3.42. The van der Waals surface area contributed by atoms with E-state index in [2.05, 4.69) is 20.4 Å². The molecule has 1 fully saturated rings. The molecule has 1 saturated heterocycles. The number of carbonyl (C=O) groups is 1. The number of aromatic nitrogens is 5. The van der Waals surface area contributed by atoms with Gasteiger partial charge in [0.25, 0.3) is 5.91 Å². The average molecular weight is 527 g/mol. The van der Waals surface area contributed by atoms with Gasteiger partial charge in [-0.2, -0.15) is 13.2 Å². The fraction of sp³-hybridized carbons (Fsp3) is 0.300. The van der Waals surface area contributed by atoms with Crippen LogP contribution in [0.2, 0.25) is 5.02 Å². The third kappa shape index (κ3) is 4.16. The van der Waals surface area contributed by atoms with Gasteiger partial charge in [-0.05, 0) is 12.1 Å². The number of amides is 1. The number of nitrogen functional groups attached to an aromatic ring is 1. The molecular weight excluding hydrogens is 509 g/mol. The number of pyridine rings is 1. The molecule has 1 atom stereocenters. The first kappa shape index (κ1) is 23.4. The minimum absolute atomic E-state index is 0.0188. The number of hydrogen-bond acceptors (Lipinski definition) is 7. The van der Waals surface area contributed by atoms with E-state index in [-0.39, 0.29) is 46.5 Å². The summed E-state index contributed by atoms with van der Waals surface area (Å²) in [5.74, 6) is -0.597. The van der Waals surface area contributed by atoms with E-state index in [9.17, 15) is 22.2 Å². The Balaban J connectivity index is 1.63. The van der Waals surface area contributed by atoms with E-state index in [1.807, 2.05) is 0 Å². The highest BCUT2D eigenvalue weighted by atomic mass is 35.5. The van der Waals surface area contributed by atoms with Crippen LogP contribution in [0.3, 0.4) is 0 Å². The molecular formula is C20H18ClF3N8O2S. The lowest BCUT2D eigenvalue weighted by Crippen LogP contribution is -2.43. The third-order valence-electron chi connectivity index (χ3n) is 5.69. The van der Waals surface area contributed by atoms with Crippen molar-refractivity contribution in [3.8, 4) is 0 Å². The van der Waals surface area contributed by atoms with Crippen LogP contribution in [0.15, 0.2) is 37.1 Å². The zero-order valence-electron chi connectivity index (χ0n) is 17.9. The van der Waals surface area contributed by atoms with Gasteiger partial charge < -0.3 is 16.0 Å². The molecule has 15 heteroatoms. The van der Waals surface area contributed by atoms with Crippen LogP contribution in [-0.2, 0) is 10.8 Å². The van der Waals surface area contributed by atoms with E-state index in [0.717, 1.165) is 0 Å². The summed E-state index contributed by atoms with van der Waals surface area (Å²) in [6, 6.07) is 0.273. The van der Waals surface area contributed by atoms with Crippen LogP contribution in [0.5, 0.6) is 0 Å². The fourth-order valence-corrected chi connectivity index (χ4v) is 5.42. The van der Waals surface area contributed by atoms with E-state index in [4.69, 9.17) is 17.3 Å². The number of imidazole rings is 1. The zero-order valence-corrected chi connectivity index (χ0v) is 19.4. The molecule has 0 aromatic carbocycles. The Morgan fingerprint density at radius 1 is 1.29 bits per heavy atom. The molecule has 5 heterocycles. The van der Waals surface area contributed by atoms with Crippen molar-refractivity contribution in [3.05, 3.63) is 53.2 Å². The first-order chi connectivity index (χ1) is 16.6. The maximum Gasteiger partial charge on any atom is 0.413 e. The normalized spacial score (nSPS) is 16.2. The molecule has 0 radical (unpaired) electrons. The highest BCUT2D eigenvalue weighted by molar-refractivity contribution is 7.85. The standard InChI is InChI=1S/C20H18ClF3N8O2S/c21-12-8-11(19(31-10-26-9-13(12)31)30-4-6-35(34)7-5-30)15(20(22,23)24)28-18(33)14-16(25)29-32-3-1-2-27-17(14)32/h1-3,8-10,15H,4-7H2,(H2,25,29)(H,28,33).